The molecule has 0 fully saturated rings. The van der Waals surface area contributed by atoms with Crippen LogP contribution in [0.15, 0.2) is 0 Å². The summed E-state index contributed by atoms with van der Waals surface area (Å²) < 4.78 is 0. The van der Waals surface area contributed by atoms with Crippen molar-refractivity contribution in [3.05, 3.63) is 0 Å². The molecule has 0 radical (unpaired) electrons. The standard InChI is InChI=1S/Cl6H4N2Si3/c1-9(2,7)11(5,6)10(3,4)8/h7-8H2. The van der Waals surface area contributed by atoms with Crippen molar-refractivity contribution in [2.45, 2.75) is 0 Å². The minimum Gasteiger partial charge on any atom is -0.328 e. The van der Waals surface area contributed by atoms with Gasteiger partial charge in [-0.25, -0.2) is 0 Å². The van der Waals surface area contributed by atoms with Crippen molar-refractivity contribution in [3.8, 4) is 0 Å². The van der Waals surface area contributed by atoms with Gasteiger partial charge in [0.1, 0.15) is 0 Å². The molecule has 0 rings (SSSR count). The van der Waals surface area contributed by atoms with Gasteiger partial charge in [0, 0.05) is 0 Å². The molecule has 0 unspecified atom stereocenters. The van der Waals surface area contributed by atoms with Crippen LogP contribution in [0.2, 0.25) is 0 Å². The maximum atomic E-state index is 5.74. The van der Waals surface area contributed by atoms with Crippen LogP contribution >= 0.6 is 66.5 Å². The predicted octanol–water partition coefficient (Wildman–Crippen LogP) is 1.81. The Morgan fingerprint density at radius 3 is 0.818 bits per heavy atom. The maximum Gasteiger partial charge on any atom is 0.339 e. The molecule has 0 saturated heterocycles. The third-order valence-corrected chi connectivity index (χ3v) is 48.2. The van der Waals surface area contributed by atoms with Crippen LogP contribution in [0.25, 0.3) is 0 Å². The van der Waals surface area contributed by atoms with Gasteiger partial charge in [0.25, 0.3) is 0 Å². The van der Waals surface area contributed by atoms with Crippen molar-refractivity contribution in [1.29, 1.82) is 0 Å². The number of hydrogen-bond donors (Lipinski definition) is 2. The van der Waals surface area contributed by atoms with E-state index in [1.807, 2.05) is 0 Å². The van der Waals surface area contributed by atoms with E-state index >= 15 is 0 Å². The largest absolute Gasteiger partial charge is 0.339 e. The molecular formula is H4Cl6N2Si3. The Bertz CT molecular complexity index is 127. The van der Waals surface area contributed by atoms with Gasteiger partial charge in [0.05, 0.1) is 0 Å². The van der Waals surface area contributed by atoms with E-state index in [1.165, 1.54) is 0 Å². The predicted molar refractivity (Wildman–Crippen MR) is 60.8 cm³/mol. The van der Waals surface area contributed by atoms with Gasteiger partial charge in [-0.15, -0.1) is 66.5 Å². The molecule has 0 aromatic rings. The zero-order chi connectivity index (χ0) is 9.50. The molecule has 0 aliphatic carbocycles. The van der Waals surface area contributed by atoms with Crippen molar-refractivity contribution in [2.24, 2.45) is 10.8 Å². The Hall–Kier alpha value is 2.31. The van der Waals surface area contributed by atoms with E-state index < -0.39 is 18.5 Å². The van der Waals surface area contributed by atoms with Gasteiger partial charge in [0.15, 0.2) is 0 Å². The molecule has 68 valence electrons. The van der Waals surface area contributed by atoms with E-state index in [1.54, 1.807) is 0 Å². The molecular weight excluding hydrogens is 325 g/mol. The minimum absolute atomic E-state index is 3.23. The first-order valence-corrected chi connectivity index (χ1v) is 16.4. The molecule has 11 heteroatoms. The van der Waals surface area contributed by atoms with Crippen LogP contribution in [0.4, 0.5) is 0 Å². The average molecular weight is 329 g/mol. The van der Waals surface area contributed by atoms with Crippen LogP contribution < -0.4 is 10.8 Å². The quantitative estimate of drug-likeness (QED) is 0.600. The number of rotatable bonds is 2. The summed E-state index contributed by atoms with van der Waals surface area (Å²) in [4.78, 5) is 0. The summed E-state index contributed by atoms with van der Waals surface area (Å²) in [5.41, 5.74) is -3.27. The summed E-state index contributed by atoms with van der Waals surface area (Å²) in [5, 5.41) is 10.7. The molecule has 0 aliphatic rings. The number of nitrogens with two attached hydrogens (primary N) is 2. The topological polar surface area (TPSA) is 52.0 Å². The van der Waals surface area contributed by atoms with E-state index in [4.69, 9.17) is 77.3 Å². The van der Waals surface area contributed by atoms with Crippen molar-refractivity contribution in [3.63, 3.8) is 0 Å². The van der Waals surface area contributed by atoms with Crippen molar-refractivity contribution < 1.29 is 0 Å². The second-order valence-corrected chi connectivity index (χ2v) is 36.1. The lowest BCUT2D eigenvalue weighted by atomic mass is 13.9. The van der Waals surface area contributed by atoms with E-state index in [-0.39, 0.29) is 0 Å². The normalized spacial score (nSPS) is 15.3. The molecule has 0 heterocycles. The van der Waals surface area contributed by atoms with E-state index in [9.17, 15) is 0 Å². The van der Waals surface area contributed by atoms with Gasteiger partial charge in [-0.1, -0.05) is 0 Å². The van der Waals surface area contributed by atoms with Gasteiger partial charge in [-0.2, -0.15) is 0 Å². The van der Waals surface area contributed by atoms with Crippen LogP contribution in [-0.2, 0) is 0 Å². The fraction of sp³-hybridized carbons (Fsp3) is 0. The van der Waals surface area contributed by atoms with Crippen molar-refractivity contribution in [1.82, 2.24) is 0 Å². The van der Waals surface area contributed by atoms with Crippen molar-refractivity contribution in [2.75, 3.05) is 0 Å². The molecule has 0 saturated carbocycles. The van der Waals surface area contributed by atoms with Crippen LogP contribution in [0.5, 0.6) is 0 Å². The third-order valence-electron chi connectivity index (χ3n) is 0.837. The van der Waals surface area contributed by atoms with Gasteiger partial charge < -0.3 is 10.8 Å². The lowest BCUT2D eigenvalue weighted by Gasteiger charge is -2.29. The highest BCUT2D eigenvalue weighted by molar-refractivity contribution is 8.14. The summed E-state index contributed by atoms with van der Waals surface area (Å²) in [5.74, 6) is 0. The summed E-state index contributed by atoms with van der Waals surface area (Å²) in [6, 6.07) is 0. The average Bonchev–Trinajstić information content (AvgIpc) is 1.58. The molecule has 0 aliphatic heterocycles. The van der Waals surface area contributed by atoms with Crippen molar-refractivity contribution >= 4 is 84.9 Å². The summed E-state index contributed by atoms with van der Waals surface area (Å²) >= 11 is 33.8. The molecule has 4 N–H and O–H groups in total. The highest BCUT2D eigenvalue weighted by Crippen LogP contribution is 2.38. The second-order valence-electron chi connectivity index (χ2n) is 1.82. The van der Waals surface area contributed by atoms with E-state index in [0.29, 0.717) is 0 Å². The highest BCUT2D eigenvalue weighted by Gasteiger charge is 2.65. The first-order valence-electron chi connectivity index (χ1n) is 2.21. The summed E-state index contributed by atoms with van der Waals surface area (Å²) in [7, 11) is 0. The third kappa shape index (κ3) is 3.17. The van der Waals surface area contributed by atoms with Crippen LogP contribution in [0, 0.1) is 0 Å². The second kappa shape index (κ2) is 3.82. The SMILES string of the molecule is N[Si](Cl)(Cl)[Si](Cl)(Cl)[Si](N)(Cl)Cl. The zero-order valence-electron chi connectivity index (χ0n) is 4.92. The van der Waals surface area contributed by atoms with E-state index in [0.717, 1.165) is 0 Å². The molecule has 0 bridgehead atoms. The Morgan fingerprint density at radius 2 is 0.818 bits per heavy atom. The molecule has 2 nitrogen and oxygen atoms in total. The minimum atomic E-state index is -3.27. The number of halogens is 6. The van der Waals surface area contributed by atoms with Gasteiger partial charge in [-0.3, -0.25) is 0 Å². The molecule has 0 aromatic heterocycles. The molecule has 0 atom stereocenters. The Balaban J connectivity index is 4.75. The molecule has 0 amide bonds. The molecule has 11 heavy (non-hydrogen) atoms. The van der Waals surface area contributed by atoms with E-state index in [2.05, 4.69) is 0 Å². The zero-order valence-corrected chi connectivity index (χ0v) is 12.5. The smallest absolute Gasteiger partial charge is 0.328 e. The molecule has 0 aromatic carbocycles. The highest BCUT2D eigenvalue weighted by atomic mass is 35.8. The first-order chi connectivity index (χ1) is 4.50. The summed E-state index contributed by atoms with van der Waals surface area (Å²) in [6.07, 6.45) is -6.47. The van der Waals surface area contributed by atoms with Gasteiger partial charge in [-0.05, 0) is 0 Å². The fourth-order valence-electron chi connectivity index (χ4n) is 0.222. The number of hydrogen-bond acceptors (Lipinski definition) is 2. The Morgan fingerprint density at radius 1 is 0.636 bits per heavy atom. The Kier molecular flexibility index (Phi) is 4.62. The van der Waals surface area contributed by atoms with Crippen LogP contribution in [0.3, 0.4) is 0 Å². The maximum absolute atomic E-state index is 5.74. The van der Waals surface area contributed by atoms with Crippen LogP contribution in [-0.4, -0.2) is 18.5 Å². The van der Waals surface area contributed by atoms with Gasteiger partial charge in [0.2, 0.25) is 0 Å². The molecule has 0 spiro atoms. The lowest BCUT2D eigenvalue weighted by Crippen LogP contribution is -2.71. The lowest BCUT2D eigenvalue weighted by molar-refractivity contribution is 1.90. The van der Waals surface area contributed by atoms with Crippen LogP contribution in [0.1, 0.15) is 0 Å². The first kappa shape index (κ1) is 13.3. The summed E-state index contributed by atoms with van der Waals surface area (Å²) in [6.45, 7) is 0. The van der Waals surface area contributed by atoms with Gasteiger partial charge >= 0.3 is 18.5 Å². The fourth-order valence-corrected chi connectivity index (χ4v) is 27.3. The monoisotopic (exact) mass is 326 g/mol. The Labute approximate surface area is 95.0 Å².